The molecule has 0 atom stereocenters. The van der Waals surface area contributed by atoms with Gasteiger partial charge >= 0.3 is 0 Å². The molecule has 7 heteroatoms. The van der Waals surface area contributed by atoms with E-state index < -0.39 is 10.0 Å². The Bertz CT molecular complexity index is 639. The van der Waals surface area contributed by atoms with E-state index in [9.17, 15) is 13.2 Å². The van der Waals surface area contributed by atoms with Crippen molar-refractivity contribution in [3.63, 3.8) is 0 Å². The van der Waals surface area contributed by atoms with Gasteiger partial charge in [-0.15, -0.1) is 0 Å². The van der Waals surface area contributed by atoms with Gasteiger partial charge in [-0.3, -0.25) is 4.79 Å². The van der Waals surface area contributed by atoms with Crippen molar-refractivity contribution in [2.45, 2.75) is 51.5 Å². The Kier molecular flexibility index (Phi) is 7.51. The van der Waals surface area contributed by atoms with Crippen molar-refractivity contribution >= 4 is 27.5 Å². The van der Waals surface area contributed by atoms with Crippen LogP contribution in [0.2, 0.25) is 5.02 Å². The number of nitrogens with zero attached hydrogens (tertiary/aromatic N) is 1. The molecule has 0 saturated carbocycles. The third-order valence-electron chi connectivity index (χ3n) is 3.85. The van der Waals surface area contributed by atoms with Gasteiger partial charge in [0.1, 0.15) is 0 Å². The normalized spacial score (nSPS) is 12.0. The molecule has 1 aromatic carbocycles. The van der Waals surface area contributed by atoms with Crippen molar-refractivity contribution in [1.82, 2.24) is 9.62 Å². The summed E-state index contributed by atoms with van der Waals surface area (Å²) < 4.78 is 26.5. The lowest BCUT2D eigenvalue weighted by molar-refractivity contribution is 0.0935. The average Bonchev–Trinajstić information content (AvgIpc) is 2.53. The highest BCUT2D eigenvalue weighted by molar-refractivity contribution is 7.89. The van der Waals surface area contributed by atoms with Crippen molar-refractivity contribution in [2.75, 3.05) is 13.1 Å². The summed E-state index contributed by atoms with van der Waals surface area (Å²) in [6.07, 6.45) is 1.61. The second-order valence-electron chi connectivity index (χ2n) is 5.22. The van der Waals surface area contributed by atoms with Crippen LogP contribution in [-0.2, 0) is 10.0 Å². The molecular formula is C16H25ClN2O3S. The van der Waals surface area contributed by atoms with Crippen molar-refractivity contribution in [3.05, 3.63) is 28.8 Å². The molecule has 0 saturated heterocycles. The first-order valence-corrected chi connectivity index (χ1v) is 9.74. The van der Waals surface area contributed by atoms with E-state index >= 15 is 0 Å². The molecule has 1 rings (SSSR count). The topological polar surface area (TPSA) is 66.5 Å². The van der Waals surface area contributed by atoms with Crippen LogP contribution >= 0.6 is 11.6 Å². The molecule has 0 unspecified atom stereocenters. The minimum atomic E-state index is -3.62. The van der Waals surface area contributed by atoms with Crippen molar-refractivity contribution in [3.8, 4) is 0 Å². The summed E-state index contributed by atoms with van der Waals surface area (Å²) in [4.78, 5) is 12.5. The van der Waals surface area contributed by atoms with E-state index in [0.717, 1.165) is 12.8 Å². The van der Waals surface area contributed by atoms with Crippen molar-refractivity contribution in [1.29, 1.82) is 0 Å². The first-order valence-electron chi connectivity index (χ1n) is 7.92. The molecule has 23 heavy (non-hydrogen) atoms. The van der Waals surface area contributed by atoms with E-state index in [1.807, 2.05) is 13.8 Å². The lowest BCUT2D eigenvalue weighted by Gasteiger charge is -2.19. The van der Waals surface area contributed by atoms with Crippen LogP contribution in [0, 0.1) is 0 Å². The second kappa shape index (κ2) is 8.66. The number of carbonyl (C=O) groups excluding carboxylic acids is 1. The van der Waals surface area contributed by atoms with Gasteiger partial charge < -0.3 is 5.32 Å². The van der Waals surface area contributed by atoms with Gasteiger partial charge in [-0.05, 0) is 31.0 Å². The minimum Gasteiger partial charge on any atom is -0.349 e. The van der Waals surface area contributed by atoms with Gasteiger partial charge in [-0.2, -0.15) is 4.31 Å². The Balaban J connectivity index is 3.20. The third-order valence-corrected chi connectivity index (χ3v) is 6.22. The lowest BCUT2D eigenvalue weighted by atomic mass is 10.1. The molecular weight excluding hydrogens is 336 g/mol. The van der Waals surface area contributed by atoms with Gasteiger partial charge in [0.05, 0.1) is 15.5 Å². The smallest absolute Gasteiger partial charge is 0.253 e. The molecule has 0 fully saturated rings. The molecule has 0 heterocycles. The molecule has 1 amide bonds. The highest BCUT2D eigenvalue weighted by Crippen LogP contribution is 2.23. The number of hydrogen-bond donors (Lipinski definition) is 1. The Morgan fingerprint density at radius 2 is 1.74 bits per heavy atom. The molecule has 0 aliphatic heterocycles. The van der Waals surface area contributed by atoms with Crippen LogP contribution in [0.5, 0.6) is 0 Å². The zero-order chi connectivity index (χ0) is 17.6. The standard InChI is InChI=1S/C16H25ClN2O3S/c1-5-12(6-2)18-16(20)14-11-13(9-10-15(14)17)23(21,22)19(7-3)8-4/h9-12H,5-8H2,1-4H3,(H,18,20). The summed E-state index contributed by atoms with van der Waals surface area (Å²) in [6.45, 7) is 8.26. The van der Waals surface area contributed by atoms with Gasteiger partial charge in [0.15, 0.2) is 0 Å². The fourth-order valence-corrected chi connectivity index (χ4v) is 4.00. The molecule has 5 nitrogen and oxygen atoms in total. The number of sulfonamides is 1. The van der Waals surface area contributed by atoms with E-state index in [0.29, 0.717) is 13.1 Å². The molecule has 0 aromatic heterocycles. The highest BCUT2D eigenvalue weighted by atomic mass is 35.5. The van der Waals surface area contributed by atoms with Gasteiger partial charge in [0.25, 0.3) is 5.91 Å². The highest BCUT2D eigenvalue weighted by Gasteiger charge is 2.24. The number of nitrogens with one attached hydrogen (secondary N) is 1. The summed E-state index contributed by atoms with van der Waals surface area (Å²) in [6, 6.07) is 4.29. The summed E-state index contributed by atoms with van der Waals surface area (Å²) in [7, 11) is -3.62. The number of halogens is 1. The lowest BCUT2D eigenvalue weighted by Crippen LogP contribution is -2.34. The fraction of sp³-hybridized carbons (Fsp3) is 0.562. The summed E-state index contributed by atoms with van der Waals surface area (Å²) in [5.74, 6) is -0.347. The molecule has 0 aliphatic rings. The molecule has 130 valence electrons. The SMILES string of the molecule is CCC(CC)NC(=O)c1cc(S(=O)(=O)N(CC)CC)ccc1Cl. The predicted octanol–water partition coefficient (Wildman–Crippen LogP) is 3.29. The quantitative estimate of drug-likeness (QED) is 0.773. The monoisotopic (exact) mass is 360 g/mol. The van der Waals surface area contributed by atoms with Gasteiger partial charge in [0.2, 0.25) is 10.0 Å². The van der Waals surface area contributed by atoms with E-state index in [4.69, 9.17) is 11.6 Å². The van der Waals surface area contributed by atoms with E-state index in [1.165, 1.54) is 22.5 Å². The Morgan fingerprint density at radius 1 is 1.17 bits per heavy atom. The Hall–Kier alpha value is -1.11. The predicted molar refractivity (Wildman–Crippen MR) is 93.4 cm³/mol. The number of benzene rings is 1. The van der Waals surface area contributed by atoms with Gasteiger partial charge in [0, 0.05) is 19.1 Å². The second-order valence-corrected chi connectivity index (χ2v) is 7.56. The molecule has 1 aromatic rings. The summed E-state index contributed by atoms with van der Waals surface area (Å²) in [5.41, 5.74) is 0.187. The average molecular weight is 361 g/mol. The van der Waals surface area contributed by atoms with E-state index in [1.54, 1.807) is 13.8 Å². The Labute approximate surface area is 144 Å². The van der Waals surface area contributed by atoms with Crippen LogP contribution in [-0.4, -0.2) is 37.8 Å². The number of carbonyl (C=O) groups is 1. The third kappa shape index (κ3) is 4.68. The zero-order valence-electron chi connectivity index (χ0n) is 14.1. The Morgan fingerprint density at radius 3 is 2.22 bits per heavy atom. The van der Waals surface area contributed by atoms with Crippen molar-refractivity contribution in [2.24, 2.45) is 0 Å². The van der Waals surface area contributed by atoms with Crippen LogP contribution in [0.3, 0.4) is 0 Å². The number of hydrogen-bond acceptors (Lipinski definition) is 3. The number of amides is 1. The molecule has 0 aliphatic carbocycles. The molecule has 0 bridgehead atoms. The largest absolute Gasteiger partial charge is 0.349 e. The summed E-state index contributed by atoms with van der Waals surface area (Å²) >= 11 is 6.09. The van der Waals surface area contributed by atoms with Gasteiger partial charge in [-0.25, -0.2) is 8.42 Å². The summed E-state index contributed by atoms with van der Waals surface area (Å²) in [5, 5.41) is 3.12. The maximum atomic E-state index is 12.6. The van der Waals surface area contributed by atoms with Crippen LogP contribution in [0.15, 0.2) is 23.1 Å². The maximum Gasteiger partial charge on any atom is 0.253 e. The van der Waals surface area contributed by atoms with Gasteiger partial charge in [-0.1, -0.05) is 39.3 Å². The van der Waals surface area contributed by atoms with E-state index in [2.05, 4.69) is 5.32 Å². The number of rotatable bonds is 8. The van der Waals surface area contributed by atoms with Crippen LogP contribution in [0.25, 0.3) is 0 Å². The first kappa shape index (κ1) is 19.9. The zero-order valence-corrected chi connectivity index (χ0v) is 15.7. The molecule has 0 radical (unpaired) electrons. The van der Waals surface area contributed by atoms with Crippen LogP contribution in [0.4, 0.5) is 0 Å². The minimum absolute atomic E-state index is 0.0432. The first-order chi connectivity index (χ1) is 10.8. The fourth-order valence-electron chi connectivity index (χ4n) is 2.31. The van der Waals surface area contributed by atoms with E-state index in [-0.39, 0.29) is 27.4 Å². The van der Waals surface area contributed by atoms with Crippen LogP contribution in [0.1, 0.15) is 50.9 Å². The maximum absolute atomic E-state index is 12.6. The molecule has 1 N–H and O–H groups in total. The van der Waals surface area contributed by atoms with Crippen LogP contribution < -0.4 is 5.32 Å². The van der Waals surface area contributed by atoms with Crippen molar-refractivity contribution < 1.29 is 13.2 Å². The molecule has 0 spiro atoms.